The van der Waals surface area contributed by atoms with Crippen molar-refractivity contribution < 1.29 is 14.6 Å². The van der Waals surface area contributed by atoms with Gasteiger partial charge in [-0.2, -0.15) is 0 Å². The fourth-order valence-electron chi connectivity index (χ4n) is 1.63. The van der Waals surface area contributed by atoms with Crippen LogP contribution < -0.4 is 9.47 Å². The highest BCUT2D eigenvalue weighted by Crippen LogP contribution is 2.36. The molecule has 0 unspecified atom stereocenters. The molecule has 0 radical (unpaired) electrons. The summed E-state index contributed by atoms with van der Waals surface area (Å²) < 4.78 is 10.4. The normalized spacial score (nSPS) is 10.3. The molecule has 0 saturated heterocycles. The first-order valence-corrected chi connectivity index (χ1v) is 4.60. The van der Waals surface area contributed by atoms with Crippen LogP contribution in [0.4, 0.5) is 0 Å². The number of rotatable bonds is 2. The molecule has 3 nitrogen and oxygen atoms in total. The second-order valence-electron chi connectivity index (χ2n) is 3.21. The van der Waals surface area contributed by atoms with Crippen molar-refractivity contribution >= 4 is 10.8 Å². The first-order valence-electron chi connectivity index (χ1n) is 4.60. The number of phenolic OH excluding ortho intramolecular Hbond substituents is 1. The number of aromatic hydroxyl groups is 1. The van der Waals surface area contributed by atoms with Crippen LogP contribution >= 0.6 is 0 Å². The smallest absolute Gasteiger partial charge is 0.168 e. The minimum atomic E-state index is 0.217. The van der Waals surface area contributed by atoms with E-state index in [9.17, 15) is 5.11 Å². The molecular formula is C12H12O3. The second kappa shape index (κ2) is 3.69. The molecule has 3 heteroatoms. The lowest BCUT2D eigenvalue weighted by Crippen LogP contribution is -1.91. The molecule has 2 aromatic rings. The van der Waals surface area contributed by atoms with Gasteiger partial charge in [0.25, 0.3) is 0 Å². The van der Waals surface area contributed by atoms with Crippen LogP contribution in [-0.4, -0.2) is 19.3 Å². The van der Waals surface area contributed by atoms with E-state index in [1.807, 2.05) is 18.2 Å². The molecule has 2 rings (SSSR count). The first kappa shape index (κ1) is 9.65. The predicted molar refractivity (Wildman–Crippen MR) is 58.7 cm³/mol. The Morgan fingerprint density at radius 1 is 1.00 bits per heavy atom. The lowest BCUT2D eigenvalue weighted by molar-refractivity contribution is 0.358. The molecule has 0 bridgehead atoms. The number of ether oxygens (including phenoxy) is 2. The molecule has 0 aliphatic heterocycles. The standard InChI is InChI=1S/C12H12O3/c1-14-11-6-4-8-3-5-9(13)7-10(8)12(11)15-2/h3-7,13H,1-2H3. The molecule has 15 heavy (non-hydrogen) atoms. The second-order valence-corrected chi connectivity index (χ2v) is 3.21. The van der Waals surface area contributed by atoms with E-state index in [0.29, 0.717) is 11.5 Å². The van der Waals surface area contributed by atoms with Crippen LogP contribution in [0.1, 0.15) is 0 Å². The third-order valence-electron chi connectivity index (χ3n) is 2.34. The zero-order chi connectivity index (χ0) is 10.8. The number of hydrogen-bond donors (Lipinski definition) is 1. The van der Waals surface area contributed by atoms with E-state index in [1.165, 1.54) is 0 Å². The molecule has 78 valence electrons. The molecular weight excluding hydrogens is 192 g/mol. The van der Waals surface area contributed by atoms with E-state index < -0.39 is 0 Å². The van der Waals surface area contributed by atoms with Gasteiger partial charge >= 0.3 is 0 Å². The third-order valence-corrected chi connectivity index (χ3v) is 2.34. The Bertz CT molecular complexity index is 491. The topological polar surface area (TPSA) is 38.7 Å². The summed E-state index contributed by atoms with van der Waals surface area (Å²) in [6.45, 7) is 0. The maximum Gasteiger partial charge on any atom is 0.168 e. The maximum atomic E-state index is 9.42. The number of hydrogen-bond acceptors (Lipinski definition) is 3. The molecule has 0 aliphatic rings. The Morgan fingerprint density at radius 2 is 1.73 bits per heavy atom. The Labute approximate surface area is 87.9 Å². The summed E-state index contributed by atoms with van der Waals surface area (Å²) in [5.41, 5.74) is 0. The Kier molecular flexibility index (Phi) is 2.37. The van der Waals surface area contributed by atoms with Crippen LogP contribution in [0.15, 0.2) is 30.3 Å². The third kappa shape index (κ3) is 1.56. The summed E-state index contributed by atoms with van der Waals surface area (Å²) >= 11 is 0. The minimum absolute atomic E-state index is 0.217. The summed E-state index contributed by atoms with van der Waals surface area (Å²) in [6, 6.07) is 8.92. The number of phenols is 1. The molecule has 2 aromatic carbocycles. The highest BCUT2D eigenvalue weighted by Gasteiger charge is 2.08. The highest BCUT2D eigenvalue weighted by atomic mass is 16.5. The number of methoxy groups -OCH3 is 2. The predicted octanol–water partition coefficient (Wildman–Crippen LogP) is 2.56. The van der Waals surface area contributed by atoms with Crippen LogP contribution in [0.5, 0.6) is 17.2 Å². The van der Waals surface area contributed by atoms with Crippen molar-refractivity contribution in [1.82, 2.24) is 0 Å². The van der Waals surface area contributed by atoms with Crippen LogP contribution in [0.2, 0.25) is 0 Å². The lowest BCUT2D eigenvalue weighted by atomic mass is 10.1. The fourth-order valence-corrected chi connectivity index (χ4v) is 1.63. The van der Waals surface area contributed by atoms with Gasteiger partial charge in [0.15, 0.2) is 11.5 Å². The minimum Gasteiger partial charge on any atom is -0.508 e. The van der Waals surface area contributed by atoms with E-state index in [-0.39, 0.29) is 5.75 Å². The van der Waals surface area contributed by atoms with Gasteiger partial charge < -0.3 is 14.6 Å². The van der Waals surface area contributed by atoms with Crippen molar-refractivity contribution in [3.63, 3.8) is 0 Å². The van der Waals surface area contributed by atoms with Crippen molar-refractivity contribution in [2.24, 2.45) is 0 Å². The van der Waals surface area contributed by atoms with Gasteiger partial charge in [0, 0.05) is 5.39 Å². The molecule has 0 spiro atoms. The van der Waals surface area contributed by atoms with Crippen molar-refractivity contribution in [3.8, 4) is 17.2 Å². The lowest BCUT2D eigenvalue weighted by Gasteiger charge is -2.10. The first-order chi connectivity index (χ1) is 7.26. The quantitative estimate of drug-likeness (QED) is 0.817. The van der Waals surface area contributed by atoms with Gasteiger partial charge in [-0.15, -0.1) is 0 Å². The van der Waals surface area contributed by atoms with Gasteiger partial charge in [-0.3, -0.25) is 0 Å². The largest absolute Gasteiger partial charge is 0.508 e. The van der Waals surface area contributed by atoms with Gasteiger partial charge in [0.05, 0.1) is 14.2 Å². The molecule has 0 aromatic heterocycles. The van der Waals surface area contributed by atoms with Crippen molar-refractivity contribution in [1.29, 1.82) is 0 Å². The summed E-state index contributed by atoms with van der Waals surface area (Å²) in [5, 5.41) is 11.3. The fraction of sp³-hybridized carbons (Fsp3) is 0.167. The van der Waals surface area contributed by atoms with Crippen LogP contribution in [0.3, 0.4) is 0 Å². The Morgan fingerprint density at radius 3 is 2.40 bits per heavy atom. The monoisotopic (exact) mass is 204 g/mol. The van der Waals surface area contributed by atoms with E-state index in [2.05, 4.69) is 0 Å². The van der Waals surface area contributed by atoms with Gasteiger partial charge in [-0.05, 0) is 23.6 Å². The van der Waals surface area contributed by atoms with Gasteiger partial charge in [-0.25, -0.2) is 0 Å². The van der Waals surface area contributed by atoms with Crippen LogP contribution in [0, 0.1) is 0 Å². The molecule has 1 N–H and O–H groups in total. The summed E-state index contributed by atoms with van der Waals surface area (Å²) in [4.78, 5) is 0. The average molecular weight is 204 g/mol. The van der Waals surface area contributed by atoms with Crippen LogP contribution in [0.25, 0.3) is 10.8 Å². The van der Waals surface area contributed by atoms with Gasteiger partial charge in [0.2, 0.25) is 0 Å². The van der Waals surface area contributed by atoms with Gasteiger partial charge in [-0.1, -0.05) is 12.1 Å². The highest BCUT2D eigenvalue weighted by molar-refractivity contribution is 5.91. The Hall–Kier alpha value is -1.90. The SMILES string of the molecule is COc1ccc2ccc(O)cc2c1OC. The average Bonchev–Trinajstić information content (AvgIpc) is 2.27. The van der Waals surface area contributed by atoms with Crippen molar-refractivity contribution in [2.75, 3.05) is 14.2 Å². The van der Waals surface area contributed by atoms with Crippen molar-refractivity contribution in [2.45, 2.75) is 0 Å². The summed E-state index contributed by atoms with van der Waals surface area (Å²) in [7, 11) is 3.17. The number of benzene rings is 2. The Balaban J connectivity index is 2.79. The van der Waals surface area contributed by atoms with Crippen LogP contribution in [-0.2, 0) is 0 Å². The van der Waals surface area contributed by atoms with E-state index in [0.717, 1.165) is 10.8 Å². The molecule has 0 saturated carbocycles. The van der Waals surface area contributed by atoms with Crippen molar-refractivity contribution in [3.05, 3.63) is 30.3 Å². The molecule has 0 aliphatic carbocycles. The zero-order valence-corrected chi connectivity index (χ0v) is 8.65. The molecule has 0 fully saturated rings. The maximum absolute atomic E-state index is 9.42. The van der Waals surface area contributed by atoms with E-state index >= 15 is 0 Å². The summed E-state index contributed by atoms with van der Waals surface area (Å²) in [5.74, 6) is 1.52. The molecule has 0 heterocycles. The van der Waals surface area contributed by atoms with E-state index in [4.69, 9.17) is 9.47 Å². The molecule has 0 amide bonds. The zero-order valence-electron chi connectivity index (χ0n) is 8.65. The number of fused-ring (bicyclic) bond motifs is 1. The van der Waals surface area contributed by atoms with Gasteiger partial charge in [0.1, 0.15) is 5.75 Å². The van der Waals surface area contributed by atoms with E-state index in [1.54, 1.807) is 26.4 Å². The summed E-state index contributed by atoms with van der Waals surface area (Å²) in [6.07, 6.45) is 0. The molecule has 0 atom stereocenters.